The Hall–Kier alpha value is -2.56. The van der Waals surface area contributed by atoms with Gasteiger partial charge in [-0.05, 0) is 25.5 Å². The van der Waals surface area contributed by atoms with Crippen molar-refractivity contribution in [1.82, 2.24) is 14.8 Å². The maximum Gasteiger partial charge on any atom is 0.356 e. The number of nitrogens with one attached hydrogen (secondary N) is 1. The number of H-pyrrole nitrogens is 1. The van der Waals surface area contributed by atoms with Crippen LogP contribution >= 0.6 is 0 Å². The molecule has 1 aromatic carbocycles. The molecule has 2 N–H and O–H groups in total. The third kappa shape index (κ3) is 1.71. The number of aromatic carboxylic acids is 1. The van der Waals surface area contributed by atoms with Crippen LogP contribution in [0.2, 0.25) is 0 Å². The van der Waals surface area contributed by atoms with Gasteiger partial charge in [0.15, 0.2) is 5.69 Å². The first-order valence-corrected chi connectivity index (χ1v) is 6.34. The molecule has 3 rings (SSSR count). The molecule has 2 aromatic heterocycles. The molecular formula is C15H15N3O2. The second kappa shape index (κ2) is 4.23. The molecule has 0 radical (unpaired) electrons. The minimum absolute atomic E-state index is 0.0551. The predicted octanol–water partition coefficient (Wildman–Crippen LogP) is 2.88. The Morgan fingerprint density at radius 3 is 2.75 bits per heavy atom. The quantitative estimate of drug-likeness (QED) is 0.751. The number of hydrogen-bond donors (Lipinski definition) is 2. The summed E-state index contributed by atoms with van der Waals surface area (Å²) in [6, 6.07) is 7.61. The van der Waals surface area contributed by atoms with E-state index >= 15 is 0 Å². The molecule has 0 bridgehead atoms. The number of nitrogens with zero attached hydrogens (tertiary/aromatic N) is 2. The van der Waals surface area contributed by atoms with Gasteiger partial charge in [-0.15, -0.1) is 0 Å². The Kier molecular flexibility index (Phi) is 2.64. The number of aryl methyl sites for hydroxylation is 3. The van der Waals surface area contributed by atoms with Gasteiger partial charge in [0.2, 0.25) is 0 Å². The van der Waals surface area contributed by atoms with Crippen LogP contribution in [0.5, 0.6) is 0 Å². The number of aromatic nitrogens is 3. The minimum atomic E-state index is -1.02. The molecule has 0 atom stereocenters. The van der Waals surface area contributed by atoms with E-state index in [0.29, 0.717) is 0 Å². The molecule has 0 aliphatic rings. The zero-order valence-corrected chi connectivity index (χ0v) is 11.6. The second-order valence-electron chi connectivity index (χ2n) is 4.95. The van der Waals surface area contributed by atoms with Crippen LogP contribution in [0.3, 0.4) is 0 Å². The van der Waals surface area contributed by atoms with Crippen molar-refractivity contribution in [3.63, 3.8) is 0 Å². The number of para-hydroxylation sites is 1. The molecule has 0 unspecified atom stereocenters. The van der Waals surface area contributed by atoms with Crippen molar-refractivity contribution in [2.75, 3.05) is 0 Å². The van der Waals surface area contributed by atoms with E-state index in [-0.39, 0.29) is 5.69 Å². The molecule has 2 heterocycles. The van der Waals surface area contributed by atoms with E-state index in [1.165, 1.54) is 5.56 Å². The van der Waals surface area contributed by atoms with Crippen LogP contribution in [-0.4, -0.2) is 25.8 Å². The molecule has 0 aliphatic carbocycles. The van der Waals surface area contributed by atoms with Gasteiger partial charge in [-0.1, -0.05) is 18.2 Å². The molecule has 5 heteroatoms. The average molecular weight is 269 g/mol. The third-order valence-electron chi connectivity index (χ3n) is 3.72. The van der Waals surface area contributed by atoms with E-state index in [0.717, 1.165) is 27.9 Å². The van der Waals surface area contributed by atoms with Crippen molar-refractivity contribution in [2.45, 2.75) is 13.8 Å². The summed E-state index contributed by atoms with van der Waals surface area (Å²) < 4.78 is 1.60. The SMILES string of the molecule is Cc1[nH]c2c(-c3cc(C(=O)O)nn3C)cccc2c1C. The Bertz CT molecular complexity index is 827. The lowest BCUT2D eigenvalue weighted by atomic mass is 10.1. The van der Waals surface area contributed by atoms with Gasteiger partial charge in [0, 0.05) is 23.7 Å². The zero-order chi connectivity index (χ0) is 14.4. The molecule has 0 amide bonds. The highest BCUT2D eigenvalue weighted by molar-refractivity contribution is 5.97. The monoisotopic (exact) mass is 269 g/mol. The summed E-state index contributed by atoms with van der Waals surface area (Å²) in [4.78, 5) is 14.4. The summed E-state index contributed by atoms with van der Waals surface area (Å²) in [5.41, 5.74) is 5.15. The van der Waals surface area contributed by atoms with Crippen LogP contribution in [0.15, 0.2) is 24.3 Å². The molecule has 5 nitrogen and oxygen atoms in total. The summed E-state index contributed by atoms with van der Waals surface area (Å²) >= 11 is 0. The maximum absolute atomic E-state index is 11.0. The molecule has 0 saturated heterocycles. The number of hydrogen-bond acceptors (Lipinski definition) is 2. The second-order valence-corrected chi connectivity index (χ2v) is 4.95. The Morgan fingerprint density at radius 2 is 2.10 bits per heavy atom. The molecule has 102 valence electrons. The van der Waals surface area contributed by atoms with Gasteiger partial charge in [-0.3, -0.25) is 4.68 Å². The van der Waals surface area contributed by atoms with Crippen molar-refractivity contribution in [1.29, 1.82) is 0 Å². The Morgan fingerprint density at radius 1 is 1.35 bits per heavy atom. The first-order chi connectivity index (χ1) is 9.49. The maximum atomic E-state index is 11.0. The van der Waals surface area contributed by atoms with Gasteiger partial charge in [0.05, 0.1) is 11.2 Å². The molecule has 0 fully saturated rings. The van der Waals surface area contributed by atoms with Crippen LogP contribution in [0.25, 0.3) is 22.2 Å². The minimum Gasteiger partial charge on any atom is -0.476 e. The summed E-state index contributed by atoms with van der Waals surface area (Å²) in [5.74, 6) is -1.02. The molecular weight excluding hydrogens is 254 g/mol. The fourth-order valence-corrected chi connectivity index (χ4v) is 2.52. The van der Waals surface area contributed by atoms with E-state index in [1.807, 2.05) is 19.1 Å². The Labute approximate surface area is 115 Å². The number of benzene rings is 1. The van der Waals surface area contributed by atoms with Crippen molar-refractivity contribution >= 4 is 16.9 Å². The van der Waals surface area contributed by atoms with Gasteiger partial charge >= 0.3 is 5.97 Å². The van der Waals surface area contributed by atoms with E-state index in [9.17, 15) is 4.79 Å². The fraction of sp³-hybridized carbons (Fsp3) is 0.200. The van der Waals surface area contributed by atoms with Crippen molar-refractivity contribution < 1.29 is 9.90 Å². The number of aromatic amines is 1. The van der Waals surface area contributed by atoms with Crippen molar-refractivity contribution in [2.24, 2.45) is 7.05 Å². The van der Waals surface area contributed by atoms with Crippen LogP contribution in [0, 0.1) is 13.8 Å². The van der Waals surface area contributed by atoms with Gasteiger partial charge in [0.1, 0.15) is 0 Å². The number of fused-ring (bicyclic) bond motifs is 1. The van der Waals surface area contributed by atoms with Gasteiger partial charge in [0.25, 0.3) is 0 Å². The van der Waals surface area contributed by atoms with Crippen LogP contribution in [-0.2, 0) is 7.05 Å². The smallest absolute Gasteiger partial charge is 0.356 e. The lowest BCUT2D eigenvalue weighted by molar-refractivity contribution is 0.0689. The summed E-state index contributed by atoms with van der Waals surface area (Å²) in [5, 5.41) is 14.2. The van der Waals surface area contributed by atoms with Gasteiger partial charge < -0.3 is 10.1 Å². The van der Waals surface area contributed by atoms with E-state index < -0.39 is 5.97 Å². The van der Waals surface area contributed by atoms with Crippen LogP contribution in [0.1, 0.15) is 21.7 Å². The highest BCUT2D eigenvalue weighted by atomic mass is 16.4. The van der Waals surface area contributed by atoms with Gasteiger partial charge in [-0.2, -0.15) is 5.10 Å². The molecule has 0 spiro atoms. The highest BCUT2D eigenvalue weighted by Crippen LogP contribution is 2.31. The third-order valence-corrected chi connectivity index (χ3v) is 3.72. The first-order valence-electron chi connectivity index (χ1n) is 6.34. The van der Waals surface area contributed by atoms with Crippen molar-refractivity contribution in [3.8, 4) is 11.3 Å². The van der Waals surface area contributed by atoms with Gasteiger partial charge in [-0.25, -0.2) is 4.79 Å². The number of rotatable bonds is 2. The predicted molar refractivity (Wildman–Crippen MR) is 76.9 cm³/mol. The summed E-state index contributed by atoms with van der Waals surface area (Å²) in [6.45, 7) is 4.11. The number of carboxylic acids is 1. The lowest BCUT2D eigenvalue weighted by Gasteiger charge is -2.03. The average Bonchev–Trinajstić information content (AvgIpc) is 2.92. The van der Waals surface area contributed by atoms with E-state index in [1.54, 1.807) is 17.8 Å². The molecule has 20 heavy (non-hydrogen) atoms. The Balaban J connectivity index is 2.29. The zero-order valence-electron chi connectivity index (χ0n) is 11.6. The standard InChI is InChI=1S/C15H15N3O2/c1-8-9(2)16-14-10(8)5-4-6-11(14)13-7-12(15(19)20)17-18(13)3/h4-7,16H,1-3H3,(H,19,20). The van der Waals surface area contributed by atoms with Crippen LogP contribution in [0.4, 0.5) is 0 Å². The molecule has 0 aliphatic heterocycles. The normalized spacial score (nSPS) is 11.2. The van der Waals surface area contributed by atoms with E-state index in [2.05, 4.69) is 23.1 Å². The topological polar surface area (TPSA) is 70.9 Å². The summed E-state index contributed by atoms with van der Waals surface area (Å²) in [7, 11) is 1.75. The fourth-order valence-electron chi connectivity index (χ4n) is 2.52. The highest BCUT2D eigenvalue weighted by Gasteiger charge is 2.16. The largest absolute Gasteiger partial charge is 0.476 e. The van der Waals surface area contributed by atoms with E-state index in [4.69, 9.17) is 5.11 Å². The molecule has 3 aromatic rings. The number of carbonyl (C=O) groups is 1. The first kappa shape index (κ1) is 12.5. The lowest BCUT2D eigenvalue weighted by Crippen LogP contribution is -1.99. The van der Waals surface area contributed by atoms with Crippen molar-refractivity contribution in [3.05, 3.63) is 41.2 Å². The van der Waals surface area contributed by atoms with Crippen LogP contribution < -0.4 is 0 Å². The molecule has 0 saturated carbocycles. The number of carboxylic acid groups (broad SMARTS) is 1. The summed E-state index contributed by atoms with van der Waals surface area (Å²) in [6.07, 6.45) is 0.